The predicted octanol–water partition coefficient (Wildman–Crippen LogP) is 2.48. The molecule has 0 bridgehead atoms. The lowest BCUT2D eigenvalue weighted by Crippen LogP contribution is -2.34. The molecule has 0 unspecified atom stereocenters. The Kier molecular flexibility index (Phi) is 5.05. The number of rotatable bonds is 6. The van der Waals surface area contributed by atoms with Gasteiger partial charge in [-0.15, -0.1) is 0 Å². The van der Waals surface area contributed by atoms with E-state index in [9.17, 15) is 8.42 Å². The Morgan fingerprint density at radius 2 is 1.95 bits per heavy atom. The van der Waals surface area contributed by atoms with Crippen molar-refractivity contribution in [3.63, 3.8) is 0 Å². The van der Waals surface area contributed by atoms with Crippen LogP contribution in [0.5, 0.6) is 0 Å². The quantitative estimate of drug-likeness (QED) is 0.887. The number of nitrogens with zero attached hydrogens (tertiary/aromatic N) is 1. The van der Waals surface area contributed by atoms with Gasteiger partial charge in [0.05, 0.1) is 17.2 Å². The Hall–Kier alpha value is -1.63. The van der Waals surface area contributed by atoms with Crippen LogP contribution in [0.25, 0.3) is 0 Å². The van der Waals surface area contributed by atoms with E-state index in [1.54, 1.807) is 25.3 Å². The summed E-state index contributed by atoms with van der Waals surface area (Å²) >= 11 is 0. The van der Waals surface area contributed by atoms with Crippen LogP contribution in [0.4, 0.5) is 0 Å². The maximum absolute atomic E-state index is 12.5. The summed E-state index contributed by atoms with van der Waals surface area (Å²) in [6.45, 7) is 3.92. The van der Waals surface area contributed by atoms with E-state index < -0.39 is 10.0 Å². The zero-order chi connectivity index (χ0) is 16.3. The lowest BCUT2D eigenvalue weighted by molar-refractivity contribution is 0.259. The number of likely N-dealkylation sites (N-methyl/N-ethyl adjacent to an activating group) is 1. The van der Waals surface area contributed by atoms with E-state index in [0.29, 0.717) is 4.90 Å². The van der Waals surface area contributed by atoms with E-state index in [4.69, 9.17) is 4.42 Å². The maximum Gasteiger partial charge on any atom is 0.240 e. The molecule has 0 saturated carbocycles. The Labute approximate surface area is 132 Å². The standard InChI is InChI=1S/C16H22N2O3S/c1-12-7-8-13(2)16(10-12)22(19,20)17-11-14(18(3)4)15-6-5-9-21-15/h5-10,14,17H,11H2,1-4H3/t14-/m1/s1. The van der Waals surface area contributed by atoms with E-state index in [1.165, 1.54) is 0 Å². The van der Waals surface area contributed by atoms with Crippen LogP contribution in [0.2, 0.25) is 0 Å². The Morgan fingerprint density at radius 3 is 2.55 bits per heavy atom. The molecule has 1 N–H and O–H groups in total. The van der Waals surface area contributed by atoms with Crippen LogP contribution in [-0.4, -0.2) is 34.0 Å². The molecule has 0 aliphatic heterocycles. The van der Waals surface area contributed by atoms with Gasteiger partial charge in [-0.1, -0.05) is 12.1 Å². The summed E-state index contributed by atoms with van der Waals surface area (Å²) in [5, 5.41) is 0. The van der Waals surface area contributed by atoms with Crippen molar-refractivity contribution in [2.45, 2.75) is 24.8 Å². The molecule has 2 rings (SSSR count). The monoisotopic (exact) mass is 322 g/mol. The third kappa shape index (κ3) is 3.76. The highest BCUT2D eigenvalue weighted by Crippen LogP contribution is 2.20. The largest absolute Gasteiger partial charge is 0.468 e. The van der Waals surface area contributed by atoms with Gasteiger partial charge in [-0.25, -0.2) is 13.1 Å². The molecule has 0 spiro atoms. The van der Waals surface area contributed by atoms with Crippen LogP contribution < -0.4 is 4.72 Å². The molecule has 0 fully saturated rings. The fourth-order valence-electron chi connectivity index (χ4n) is 2.28. The number of nitrogens with one attached hydrogen (secondary N) is 1. The SMILES string of the molecule is Cc1ccc(C)c(S(=O)(=O)NC[C@H](c2ccco2)N(C)C)c1. The molecule has 0 aliphatic carbocycles. The molecule has 1 heterocycles. The minimum atomic E-state index is -3.55. The minimum Gasteiger partial charge on any atom is -0.468 e. The van der Waals surface area contributed by atoms with E-state index >= 15 is 0 Å². The van der Waals surface area contributed by atoms with E-state index in [1.807, 2.05) is 44.1 Å². The third-order valence-electron chi connectivity index (χ3n) is 3.59. The molecule has 5 nitrogen and oxygen atoms in total. The van der Waals surface area contributed by atoms with Crippen molar-refractivity contribution < 1.29 is 12.8 Å². The van der Waals surface area contributed by atoms with Gasteiger partial charge in [0.25, 0.3) is 0 Å². The summed E-state index contributed by atoms with van der Waals surface area (Å²) in [5.41, 5.74) is 1.65. The summed E-state index contributed by atoms with van der Waals surface area (Å²) < 4.78 is 33.2. The first-order chi connectivity index (χ1) is 10.3. The number of aryl methyl sites for hydroxylation is 2. The van der Waals surface area contributed by atoms with Crippen molar-refractivity contribution >= 4 is 10.0 Å². The predicted molar refractivity (Wildman–Crippen MR) is 86.2 cm³/mol. The van der Waals surface area contributed by atoms with Gasteiger partial charge < -0.3 is 4.42 Å². The number of sulfonamides is 1. The highest BCUT2D eigenvalue weighted by molar-refractivity contribution is 7.89. The molecule has 120 valence electrons. The van der Waals surface area contributed by atoms with Crippen molar-refractivity contribution in [1.82, 2.24) is 9.62 Å². The van der Waals surface area contributed by atoms with Crippen LogP contribution in [0, 0.1) is 13.8 Å². The molecule has 1 aromatic heterocycles. The lowest BCUT2D eigenvalue weighted by Gasteiger charge is -2.22. The third-order valence-corrected chi connectivity index (χ3v) is 5.16. The smallest absolute Gasteiger partial charge is 0.240 e. The van der Waals surface area contributed by atoms with Crippen molar-refractivity contribution in [1.29, 1.82) is 0 Å². The summed E-state index contributed by atoms with van der Waals surface area (Å²) in [6.07, 6.45) is 1.59. The second-order valence-corrected chi connectivity index (χ2v) is 7.35. The number of hydrogen-bond donors (Lipinski definition) is 1. The highest BCUT2D eigenvalue weighted by atomic mass is 32.2. The first-order valence-electron chi connectivity index (χ1n) is 7.08. The maximum atomic E-state index is 12.5. The second-order valence-electron chi connectivity index (χ2n) is 5.62. The molecule has 22 heavy (non-hydrogen) atoms. The van der Waals surface area contributed by atoms with E-state index in [-0.39, 0.29) is 12.6 Å². The van der Waals surface area contributed by atoms with Gasteiger partial charge in [-0.3, -0.25) is 4.90 Å². The molecule has 0 saturated heterocycles. The van der Waals surface area contributed by atoms with Crippen LogP contribution in [0.15, 0.2) is 45.9 Å². The normalized spacial score (nSPS) is 13.5. The first kappa shape index (κ1) is 16.7. The molecular formula is C16H22N2O3S. The van der Waals surface area contributed by atoms with Gasteiger partial charge >= 0.3 is 0 Å². The highest BCUT2D eigenvalue weighted by Gasteiger charge is 2.22. The molecule has 2 aromatic rings. The Morgan fingerprint density at radius 1 is 1.23 bits per heavy atom. The summed E-state index contributed by atoms with van der Waals surface area (Å²) in [6, 6.07) is 8.89. The number of benzene rings is 1. The van der Waals surface area contributed by atoms with Crippen molar-refractivity contribution in [3.05, 3.63) is 53.5 Å². The molecule has 0 amide bonds. The fraction of sp³-hybridized carbons (Fsp3) is 0.375. The molecule has 0 aliphatic rings. The van der Waals surface area contributed by atoms with Crippen LogP contribution in [-0.2, 0) is 10.0 Å². The second kappa shape index (κ2) is 6.64. The number of hydrogen-bond acceptors (Lipinski definition) is 4. The number of furan rings is 1. The van der Waals surface area contributed by atoms with E-state index in [2.05, 4.69) is 4.72 Å². The van der Waals surface area contributed by atoms with Crippen LogP contribution in [0.1, 0.15) is 22.9 Å². The van der Waals surface area contributed by atoms with Gasteiger partial charge in [-0.05, 0) is 57.3 Å². The van der Waals surface area contributed by atoms with Gasteiger partial charge in [0.2, 0.25) is 10.0 Å². The van der Waals surface area contributed by atoms with Gasteiger partial charge in [-0.2, -0.15) is 0 Å². The van der Waals surface area contributed by atoms with Crippen LogP contribution >= 0.6 is 0 Å². The lowest BCUT2D eigenvalue weighted by atomic mass is 10.2. The Bertz CT molecular complexity index is 722. The van der Waals surface area contributed by atoms with E-state index in [0.717, 1.165) is 16.9 Å². The first-order valence-corrected chi connectivity index (χ1v) is 8.56. The Balaban J connectivity index is 2.20. The molecule has 1 atom stereocenters. The minimum absolute atomic E-state index is 0.158. The molecule has 0 radical (unpaired) electrons. The molecular weight excluding hydrogens is 300 g/mol. The summed E-state index contributed by atoms with van der Waals surface area (Å²) in [4.78, 5) is 2.24. The van der Waals surface area contributed by atoms with Crippen molar-refractivity contribution in [2.75, 3.05) is 20.6 Å². The summed E-state index contributed by atoms with van der Waals surface area (Å²) in [7, 11) is 0.225. The zero-order valence-electron chi connectivity index (χ0n) is 13.3. The van der Waals surface area contributed by atoms with Crippen molar-refractivity contribution in [3.8, 4) is 0 Å². The molecule has 1 aromatic carbocycles. The fourth-order valence-corrected chi connectivity index (χ4v) is 3.65. The van der Waals surface area contributed by atoms with Gasteiger partial charge in [0, 0.05) is 6.54 Å². The van der Waals surface area contributed by atoms with Gasteiger partial charge in [0.1, 0.15) is 5.76 Å². The van der Waals surface area contributed by atoms with Gasteiger partial charge in [0.15, 0.2) is 0 Å². The average molecular weight is 322 g/mol. The van der Waals surface area contributed by atoms with Crippen molar-refractivity contribution in [2.24, 2.45) is 0 Å². The van der Waals surface area contributed by atoms with Crippen LogP contribution in [0.3, 0.4) is 0 Å². The zero-order valence-corrected chi connectivity index (χ0v) is 14.1. The summed E-state index contributed by atoms with van der Waals surface area (Å²) in [5.74, 6) is 0.730. The molecule has 6 heteroatoms. The topological polar surface area (TPSA) is 62.6 Å². The average Bonchev–Trinajstić information content (AvgIpc) is 2.95.